The molecule has 1 heterocycles. The van der Waals surface area contributed by atoms with Crippen molar-refractivity contribution in [2.45, 2.75) is 25.8 Å². The maximum absolute atomic E-state index is 6.00. The Morgan fingerprint density at radius 1 is 1.50 bits per heavy atom. The molecule has 1 aromatic rings. The third-order valence-corrected chi connectivity index (χ3v) is 3.25. The minimum absolute atomic E-state index is 0.304. The molecule has 0 N–H and O–H groups in total. The quantitative estimate of drug-likeness (QED) is 0.736. The SMILES string of the molecule is Cc1ccc(N2CCOC(C)C2)c(CCl)c1. The Balaban J connectivity index is 2.24. The summed E-state index contributed by atoms with van der Waals surface area (Å²) in [5, 5.41) is 0. The Labute approximate surface area is 102 Å². The Morgan fingerprint density at radius 3 is 3.00 bits per heavy atom. The summed E-state index contributed by atoms with van der Waals surface area (Å²) in [4.78, 5) is 2.37. The van der Waals surface area contributed by atoms with Gasteiger partial charge < -0.3 is 9.64 Å². The molecule has 0 aliphatic carbocycles. The first-order chi connectivity index (χ1) is 7.70. The zero-order valence-corrected chi connectivity index (χ0v) is 10.6. The number of hydrogen-bond donors (Lipinski definition) is 0. The van der Waals surface area contributed by atoms with Crippen molar-refractivity contribution in [3.63, 3.8) is 0 Å². The van der Waals surface area contributed by atoms with Crippen LogP contribution in [0.25, 0.3) is 0 Å². The molecule has 1 unspecified atom stereocenters. The van der Waals surface area contributed by atoms with Crippen molar-refractivity contribution in [2.24, 2.45) is 0 Å². The number of hydrogen-bond acceptors (Lipinski definition) is 2. The first-order valence-electron chi connectivity index (χ1n) is 5.72. The molecule has 0 amide bonds. The Hall–Kier alpha value is -0.730. The molecule has 1 fully saturated rings. The summed E-state index contributed by atoms with van der Waals surface area (Å²) < 4.78 is 5.55. The molecule has 1 aliphatic rings. The van der Waals surface area contributed by atoms with Crippen LogP contribution in [0, 0.1) is 6.92 Å². The largest absolute Gasteiger partial charge is 0.375 e. The number of ether oxygens (including phenoxy) is 1. The molecule has 1 aliphatic heterocycles. The summed E-state index contributed by atoms with van der Waals surface area (Å²) in [6.45, 7) is 6.92. The van der Waals surface area contributed by atoms with Crippen molar-refractivity contribution < 1.29 is 4.74 Å². The van der Waals surface area contributed by atoms with Crippen LogP contribution in [0.5, 0.6) is 0 Å². The van der Waals surface area contributed by atoms with Crippen LogP contribution in [-0.2, 0) is 10.6 Å². The van der Waals surface area contributed by atoms with E-state index in [9.17, 15) is 0 Å². The highest BCUT2D eigenvalue weighted by Crippen LogP contribution is 2.25. The van der Waals surface area contributed by atoms with Crippen LogP contribution in [0.1, 0.15) is 18.1 Å². The van der Waals surface area contributed by atoms with Gasteiger partial charge in [0.15, 0.2) is 0 Å². The topological polar surface area (TPSA) is 12.5 Å². The zero-order valence-electron chi connectivity index (χ0n) is 9.87. The number of morpholine rings is 1. The number of halogens is 1. The van der Waals surface area contributed by atoms with Gasteiger partial charge in [-0.1, -0.05) is 17.7 Å². The van der Waals surface area contributed by atoms with Crippen LogP contribution >= 0.6 is 11.6 Å². The standard InChI is InChI=1S/C13H18ClNO/c1-10-3-4-13(12(7-10)8-14)15-5-6-16-11(2)9-15/h3-4,7,11H,5-6,8-9H2,1-2H3. The molecule has 1 aromatic carbocycles. The fourth-order valence-electron chi connectivity index (χ4n) is 2.17. The molecule has 88 valence electrons. The third-order valence-electron chi connectivity index (χ3n) is 2.96. The number of aryl methyl sites for hydroxylation is 1. The lowest BCUT2D eigenvalue weighted by Crippen LogP contribution is -2.41. The number of rotatable bonds is 2. The van der Waals surface area contributed by atoms with E-state index in [1.165, 1.54) is 16.8 Å². The van der Waals surface area contributed by atoms with Gasteiger partial charge in [0, 0.05) is 24.7 Å². The molecule has 2 rings (SSSR count). The summed E-state index contributed by atoms with van der Waals surface area (Å²) in [5.74, 6) is 0.572. The normalized spacial score (nSPS) is 21.2. The fourth-order valence-corrected chi connectivity index (χ4v) is 2.38. The molecule has 2 nitrogen and oxygen atoms in total. The zero-order chi connectivity index (χ0) is 11.5. The summed E-state index contributed by atoms with van der Waals surface area (Å²) in [5.41, 5.74) is 3.74. The van der Waals surface area contributed by atoms with Gasteiger partial charge in [-0.05, 0) is 25.5 Å². The van der Waals surface area contributed by atoms with Crippen LogP contribution in [0.2, 0.25) is 0 Å². The molecule has 16 heavy (non-hydrogen) atoms. The minimum atomic E-state index is 0.304. The van der Waals surface area contributed by atoms with E-state index < -0.39 is 0 Å². The lowest BCUT2D eigenvalue weighted by molar-refractivity contribution is 0.0532. The Morgan fingerprint density at radius 2 is 2.31 bits per heavy atom. The van der Waals surface area contributed by atoms with Crippen LogP contribution in [-0.4, -0.2) is 25.8 Å². The average Bonchev–Trinajstić information content (AvgIpc) is 2.28. The van der Waals surface area contributed by atoms with E-state index >= 15 is 0 Å². The molecular weight excluding hydrogens is 222 g/mol. The molecule has 0 aromatic heterocycles. The second-order valence-corrected chi connectivity index (χ2v) is 4.66. The summed E-state index contributed by atoms with van der Waals surface area (Å²) in [7, 11) is 0. The van der Waals surface area contributed by atoms with Gasteiger partial charge in [0.1, 0.15) is 0 Å². The van der Waals surface area contributed by atoms with Gasteiger partial charge in [0.05, 0.1) is 12.7 Å². The third kappa shape index (κ3) is 2.50. The van der Waals surface area contributed by atoms with Crippen molar-refractivity contribution in [1.29, 1.82) is 0 Å². The maximum atomic E-state index is 6.00. The molecule has 1 atom stereocenters. The van der Waals surface area contributed by atoms with Gasteiger partial charge >= 0.3 is 0 Å². The second kappa shape index (κ2) is 5.07. The van der Waals surface area contributed by atoms with Gasteiger partial charge in [0.2, 0.25) is 0 Å². The first kappa shape index (κ1) is 11.7. The highest BCUT2D eigenvalue weighted by Gasteiger charge is 2.18. The van der Waals surface area contributed by atoms with Gasteiger partial charge in [-0.2, -0.15) is 0 Å². The molecular formula is C13H18ClNO. The predicted octanol–water partition coefficient (Wildman–Crippen LogP) is 2.96. The van der Waals surface area contributed by atoms with Crippen molar-refractivity contribution in [3.8, 4) is 0 Å². The van der Waals surface area contributed by atoms with Gasteiger partial charge in [-0.3, -0.25) is 0 Å². The van der Waals surface area contributed by atoms with E-state index in [1.807, 2.05) is 0 Å². The number of alkyl halides is 1. The van der Waals surface area contributed by atoms with E-state index in [2.05, 4.69) is 36.9 Å². The smallest absolute Gasteiger partial charge is 0.0722 e. The lowest BCUT2D eigenvalue weighted by Gasteiger charge is -2.34. The summed E-state index contributed by atoms with van der Waals surface area (Å²) in [6, 6.07) is 6.49. The molecule has 0 spiro atoms. The van der Waals surface area contributed by atoms with Gasteiger partial charge in [-0.15, -0.1) is 11.6 Å². The van der Waals surface area contributed by atoms with E-state index in [0.29, 0.717) is 12.0 Å². The van der Waals surface area contributed by atoms with Crippen LogP contribution < -0.4 is 4.90 Å². The highest BCUT2D eigenvalue weighted by molar-refractivity contribution is 6.17. The predicted molar refractivity (Wildman–Crippen MR) is 68.4 cm³/mol. The van der Waals surface area contributed by atoms with Crippen molar-refractivity contribution >= 4 is 17.3 Å². The molecule has 0 radical (unpaired) electrons. The first-order valence-corrected chi connectivity index (χ1v) is 6.26. The van der Waals surface area contributed by atoms with Crippen LogP contribution in [0.15, 0.2) is 18.2 Å². The van der Waals surface area contributed by atoms with Crippen molar-refractivity contribution in [1.82, 2.24) is 0 Å². The maximum Gasteiger partial charge on any atom is 0.0722 e. The molecule has 0 saturated carbocycles. The summed E-state index contributed by atoms with van der Waals surface area (Å²) in [6.07, 6.45) is 0.304. The van der Waals surface area contributed by atoms with E-state index in [-0.39, 0.29) is 0 Å². The fraction of sp³-hybridized carbons (Fsp3) is 0.538. The Bertz CT molecular complexity index is 367. The van der Waals surface area contributed by atoms with Crippen molar-refractivity contribution in [3.05, 3.63) is 29.3 Å². The Kier molecular flexibility index (Phi) is 3.72. The highest BCUT2D eigenvalue weighted by atomic mass is 35.5. The van der Waals surface area contributed by atoms with E-state index in [4.69, 9.17) is 16.3 Å². The van der Waals surface area contributed by atoms with Gasteiger partial charge in [0.25, 0.3) is 0 Å². The second-order valence-electron chi connectivity index (χ2n) is 4.39. The molecule has 3 heteroatoms. The van der Waals surface area contributed by atoms with E-state index in [1.54, 1.807) is 0 Å². The van der Waals surface area contributed by atoms with E-state index in [0.717, 1.165) is 19.7 Å². The van der Waals surface area contributed by atoms with Gasteiger partial charge in [-0.25, -0.2) is 0 Å². The summed E-state index contributed by atoms with van der Waals surface area (Å²) >= 11 is 6.00. The van der Waals surface area contributed by atoms with Crippen LogP contribution in [0.3, 0.4) is 0 Å². The molecule has 1 saturated heterocycles. The lowest BCUT2D eigenvalue weighted by atomic mass is 10.1. The number of anilines is 1. The average molecular weight is 240 g/mol. The monoisotopic (exact) mass is 239 g/mol. The van der Waals surface area contributed by atoms with Crippen LogP contribution in [0.4, 0.5) is 5.69 Å². The molecule has 0 bridgehead atoms. The number of nitrogens with zero attached hydrogens (tertiary/aromatic N) is 1. The minimum Gasteiger partial charge on any atom is -0.375 e. The number of benzene rings is 1. The van der Waals surface area contributed by atoms with Crippen molar-refractivity contribution in [2.75, 3.05) is 24.6 Å².